The van der Waals surface area contributed by atoms with Gasteiger partial charge in [-0.15, -0.1) is 0 Å². The highest BCUT2D eigenvalue weighted by molar-refractivity contribution is 5.99. The summed E-state index contributed by atoms with van der Waals surface area (Å²) < 4.78 is 5.58. The van der Waals surface area contributed by atoms with Crippen molar-refractivity contribution in [3.8, 4) is 0 Å². The van der Waals surface area contributed by atoms with Crippen molar-refractivity contribution in [1.82, 2.24) is 9.97 Å². The molecule has 0 saturated carbocycles. The summed E-state index contributed by atoms with van der Waals surface area (Å²) in [5, 5.41) is 0. The number of hydrogen-bond donors (Lipinski definition) is 0. The van der Waals surface area contributed by atoms with E-state index in [0.717, 1.165) is 27.9 Å². The van der Waals surface area contributed by atoms with E-state index in [1.807, 2.05) is 45.0 Å². The van der Waals surface area contributed by atoms with Crippen LogP contribution in [0.15, 0.2) is 34.9 Å². The third kappa shape index (κ3) is 1.65. The highest BCUT2D eigenvalue weighted by Gasteiger charge is 2.07. The first-order chi connectivity index (χ1) is 7.84. The summed E-state index contributed by atoms with van der Waals surface area (Å²) in [6, 6.07) is 7.63. The average molecular weight is 214 g/mol. The van der Waals surface area contributed by atoms with E-state index in [2.05, 4.69) is 9.97 Å². The molecule has 0 radical (unpaired) electrons. The average Bonchev–Trinajstić information content (AvgIpc) is 2.70. The van der Waals surface area contributed by atoms with E-state index < -0.39 is 0 Å². The molecule has 0 saturated heterocycles. The van der Waals surface area contributed by atoms with E-state index in [0.29, 0.717) is 0 Å². The Kier molecular flexibility index (Phi) is 2.86. The number of hydrogen-bond acceptors (Lipinski definition) is 3. The molecule has 82 valence electrons. The maximum Gasteiger partial charge on any atom is 0.155 e. The van der Waals surface area contributed by atoms with Crippen molar-refractivity contribution in [2.24, 2.45) is 0 Å². The Hall–Kier alpha value is -1.90. The Morgan fingerprint density at radius 1 is 1.00 bits per heavy atom. The fourth-order valence-electron chi connectivity index (χ4n) is 1.57. The monoisotopic (exact) mass is 214 g/mol. The molecule has 0 atom stereocenters. The number of furan rings is 1. The molecule has 0 aliphatic carbocycles. The second-order valence-corrected chi connectivity index (χ2v) is 3.25. The van der Waals surface area contributed by atoms with Crippen LogP contribution in [0, 0.1) is 6.92 Å². The maximum absolute atomic E-state index is 5.58. The van der Waals surface area contributed by atoms with E-state index in [1.165, 1.54) is 0 Å². The van der Waals surface area contributed by atoms with Crippen LogP contribution in [0.25, 0.3) is 22.2 Å². The van der Waals surface area contributed by atoms with Crippen molar-refractivity contribution < 1.29 is 4.42 Å². The number of nitrogens with zero attached hydrogens (tertiary/aromatic N) is 2. The summed E-state index contributed by atoms with van der Waals surface area (Å²) >= 11 is 0. The van der Waals surface area contributed by atoms with Crippen LogP contribution in [0.5, 0.6) is 0 Å². The van der Waals surface area contributed by atoms with Gasteiger partial charge < -0.3 is 4.42 Å². The Morgan fingerprint density at radius 3 is 2.56 bits per heavy atom. The molecule has 0 bridgehead atoms. The first kappa shape index (κ1) is 10.6. The highest BCUT2D eigenvalue weighted by atomic mass is 16.3. The van der Waals surface area contributed by atoms with Gasteiger partial charge in [0.05, 0.1) is 0 Å². The van der Waals surface area contributed by atoms with Gasteiger partial charge in [0, 0.05) is 11.9 Å². The van der Waals surface area contributed by atoms with Gasteiger partial charge in [-0.05, 0) is 31.2 Å². The van der Waals surface area contributed by atoms with Crippen LogP contribution in [-0.2, 0) is 0 Å². The molecule has 3 heterocycles. The van der Waals surface area contributed by atoms with E-state index in [4.69, 9.17) is 4.42 Å². The number of fused-ring (bicyclic) bond motifs is 3. The Morgan fingerprint density at radius 2 is 1.75 bits per heavy atom. The lowest BCUT2D eigenvalue weighted by atomic mass is 10.3. The van der Waals surface area contributed by atoms with Crippen molar-refractivity contribution in [2.45, 2.75) is 20.8 Å². The summed E-state index contributed by atoms with van der Waals surface area (Å²) in [6.07, 6.45) is 1.75. The maximum atomic E-state index is 5.58. The van der Waals surface area contributed by atoms with Crippen LogP contribution in [0.3, 0.4) is 0 Å². The first-order valence-electron chi connectivity index (χ1n) is 5.45. The van der Waals surface area contributed by atoms with Crippen LogP contribution >= 0.6 is 0 Å². The van der Waals surface area contributed by atoms with Crippen molar-refractivity contribution in [3.05, 3.63) is 36.2 Å². The lowest BCUT2D eigenvalue weighted by Crippen LogP contribution is -1.80. The molecule has 3 aromatic heterocycles. The summed E-state index contributed by atoms with van der Waals surface area (Å²) in [7, 11) is 0. The predicted octanol–water partition coefficient (Wildman–Crippen LogP) is 3.71. The third-order valence-electron chi connectivity index (χ3n) is 2.21. The standard InChI is InChI=1S/C11H8N2O.C2H6/c1-7-4-5-9-11(13-7)10-8(14-9)3-2-6-12-10;1-2/h2-6H,1H3;1-2H3. The zero-order valence-corrected chi connectivity index (χ0v) is 9.69. The normalized spacial score (nSPS) is 10.2. The van der Waals surface area contributed by atoms with E-state index in [1.54, 1.807) is 6.20 Å². The Bertz CT molecular complexity index is 613. The molecule has 0 N–H and O–H groups in total. The molecular formula is C13H14N2O. The van der Waals surface area contributed by atoms with Gasteiger partial charge in [0.15, 0.2) is 11.2 Å². The molecule has 3 heteroatoms. The Balaban J connectivity index is 0.000000457. The molecule has 3 nitrogen and oxygen atoms in total. The van der Waals surface area contributed by atoms with Gasteiger partial charge in [0.2, 0.25) is 0 Å². The molecule has 0 unspecified atom stereocenters. The van der Waals surface area contributed by atoms with Crippen LogP contribution in [0.4, 0.5) is 0 Å². The zero-order chi connectivity index (χ0) is 11.5. The molecule has 0 spiro atoms. The van der Waals surface area contributed by atoms with Gasteiger partial charge in [-0.3, -0.25) is 4.98 Å². The number of aromatic nitrogens is 2. The lowest BCUT2D eigenvalue weighted by Gasteiger charge is -1.89. The number of aryl methyl sites for hydroxylation is 1. The minimum Gasteiger partial charge on any atom is -0.453 e. The SMILES string of the molecule is CC.Cc1ccc2oc3cccnc3c2n1. The van der Waals surface area contributed by atoms with Gasteiger partial charge in [0.25, 0.3) is 0 Å². The number of rotatable bonds is 0. The van der Waals surface area contributed by atoms with Crippen molar-refractivity contribution in [2.75, 3.05) is 0 Å². The second-order valence-electron chi connectivity index (χ2n) is 3.25. The number of pyridine rings is 2. The smallest absolute Gasteiger partial charge is 0.155 e. The Labute approximate surface area is 94.1 Å². The molecule has 3 rings (SSSR count). The predicted molar refractivity (Wildman–Crippen MR) is 65.4 cm³/mol. The molecule has 0 aliphatic heterocycles. The largest absolute Gasteiger partial charge is 0.453 e. The molecule has 0 aromatic carbocycles. The fourth-order valence-corrected chi connectivity index (χ4v) is 1.57. The van der Waals surface area contributed by atoms with E-state index in [-0.39, 0.29) is 0 Å². The van der Waals surface area contributed by atoms with Gasteiger partial charge in [-0.1, -0.05) is 13.8 Å². The molecular weight excluding hydrogens is 200 g/mol. The summed E-state index contributed by atoms with van der Waals surface area (Å²) in [4.78, 5) is 8.66. The van der Waals surface area contributed by atoms with Crippen molar-refractivity contribution >= 4 is 22.2 Å². The van der Waals surface area contributed by atoms with E-state index in [9.17, 15) is 0 Å². The third-order valence-corrected chi connectivity index (χ3v) is 2.21. The molecule has 3 aromatic rings. The fraction of sp³-hybridized carbons (Fsp3) is 0.231. The first-order valence-corrected chi connectivity index (χ1v) is 5.45. The van der Waals surface area contributed by atoms with Gasteiger partial charge in [0.1, 0.15) is 11.0 Å². The van der Waals surface area contributed by atoms with E-state index >= 15 is 0 Å². The van der Waals surface area contributed by atoms with Crippen LogP contribution in [0.2, 0.25) is 0 Å². The minimum absolute atomic E-state index is 0.792. The topological polar surface area (TPSA) is 38.9 Å². The van der Waals surface area contributed by atoms with Gasteiger partial charge >= 0.3 is 0 Å². The summed E-state index contributed by atoms with van der Waals surface area (Å²) in [5.41, 5.74) is 4.25. The second kappa shape index (κ2) is 4.31. The zero-order valence-electron chi connectivity index (χ0n) is 9.69. The van der Waals surface area contributed by atoms with Gasteiger partial charge in [-0.2, -0.15) is 0 Å². The lowest BCUT2D eigenvalue weighted by molar-refractivity contribution is 0.667. The van der Waals surface area contributed by atoms with Crippen LogP contribution in [-0.4, -0.2) is 9.97 Å². The van der Waals surface area contributed by atoms with Gasteiger partial charge in [-0.25, -0.2) is 4.98 Å². The molecule has 16 heavy (non-hydrogen) atoms. The molecule has 0 fully saturated rings. The quantitative estimate of drug-likeness (QED) is 0.572. The summed E-state index contributed by atoms with van der Waals surface area (Å²) in [6.45, 7) is 5.96. The molecule has 0 amide bonds. The van der Waals surface area contributed by atoms with Crippen molar-refractivity contribution in [1.29, 1.82) is 0 Å². The summed E-state index contributed by atoms with van der Waals surface area (Å²) in [5.74, 6) is 0. The molecule has 0 aliphatic rings. The van der Waals surface area contributed by atoms with Crippen molar-refractivity contribution in [3.63, 3.8) is 0 Å². The highest BCUT2D eigenvalue weighted by Crippen LogP contribution is 2.24. The minimum atomic E-state index is 0.792. The van der Waals surface area contributed by atoms with Crippen LogP contribution in [0.1, 0.15) is 19.5 Å². The van der Waals surface area contributed by atoms with Crippen LogP contribution < -0.4 is 0 Å².